The largest absolute Gasteiger partial charge is 0.383 e. The van der Waals surface area contributed by atoms with Crippen molar-refractivity contribution in [3.05, 3.63) is 11.4 Å². The summed E-state index contributed by atoms with van der Waals surface area (Å²) in [6, 6.07) is 0.433. The molecule has 18 heavy (non-hydrogen) atoms. The van der Waals surface area contributed by atoms with Crippen molar-refractivity contribution in [2.45, 2.75) is 39.7 Å². The fraction of sp³-hybridized carbons (Fsp3) is 0.692. The summed E-state index contributed by atoms with van der Waals surface area (Å²) in [7, 11) is 2.07. The standard InChI is InChI=1S/C13H24N4S/c1-6-7-11-15-12(14)10(3)13(16-11)17(4)9(2)8-18-5/h9H,6-8H2,1-5H3,(H2,14,15,16). The first kappa shape index (κ1) is 15.1. The molecule has 0 aliphatic rings. The van der Waals surface area contributed by atoms with Crippen molar-refractivity contribution in [3.63, 3.8) is 0 Å². The van der Waals surface area contributed by atoms with Crippen LogP contribution in [-0.2, 0) is 6.42 Å². The summed E-state index contributed by atoms with van der Waals surface area (Å²) in [4.78, 5) is 11.2. The molecule has 0 fully saturated rings. The number of hydrogen-bond acceptors (Lipinski definition) is 5. The van der Waals surface area contributed by atoms with Crippen LogP contribution in [0.1, 0.15) is 31.7 Å². The lowest BCUT2D eigenvalue weighted by Crippen LogP contribution is -2.32. The third-order valence-electron chi connectivity index (χ3n) is 3.08. The summed E-state index contributed by atoms with van der Waals surface area (Å²) in [5.41, 5.74) is 6.96. The molecule has 1 unspecified atom stereocenters. The molecule has 1 aromatic heterocycles. The third kappa shape index (κ3) is 3.51. The molecule has 4 nitrogen and oxygen atoms in total. The van der Waals surface area contributed by atoms with Gasteiger partial charge in [0.05, 0.1) is 0 Å². The molecule has 102 valence electrons. The highest BCUT2D eigenvalue weighted by Gasteiger charge is 2.16. The van der Waals surface area contributed by atoms with Crippen LogP contribution in [0.2, 0.25) is 0 Å². The number of aryl methyl sites for hydroxylation is 1. The van der Waals surface area contributed by atoms with Crippen molar-refractivity contribution >= 4 is 23.4 Å². The van der Waals surface area contributed by atoms with E-state index >= 15 is 0 Å². The average molecular weight is 268 g/mol. The smallest absolute Gasteiger partial charge is 0.137 e. The van der Waals surface area contributed by atoms with Crippen molar-refractivity contribution in [2.75, 3.05) is 29.7 Å². The summed E-state index contributed by atoms with van der Waals surface area (Å²) in [5, 5.41) is 0. The van der Waals surface area contributed by atoms with Crippen LogP contribution in [0, 0.1) is 6.92 Å². The summed E-state index contributed by atoms with van der Waals surface area (Å²) in [6.07, 6.45) is 4.03. The molecule has 1 heterocycles. The van der Waals surface area contributed by atoms with Crippen molar-refractivity contribution in [1.82, 2.24) is 9.97 Å². The number of thioether (sulfide) groups is 1. The highest BCUT2D eigenvalue weighted by Crippen LogP contribution is 2.23. The molecule has 1 rings (SSSR count). The number of hydrogen-bond donors (Lipinski definition) is 1. The van der Waals surface area contributed by atoms with Gasteiger partial charge in [-0.2, -0.15) is 11.8 Å². The Hall–Kier alpha value is -0.970. The van der Waals surface area contributed by atoms with Crippen LogP contribution in [0.5, 0.6) is 0 Å². The van der Waals surface area contributed by atoms with E-state index in [1.807, 2.05) is 18.7 Å². The van der Waals surface area contributed by atoms with E-state index in [0.29, 0.717) is 11.9 Å². The normalized spacial score (nSPS) is 12.5. The number of aromatic nitrogens is 2. The van der Waals surface area contributed by atoms with Crippen LogP contribution >= 0.6 is 11.8 Å². The number of nitrogens with two attached hydrogens (primary N) is 1. The van der Waals surface area contributed by atoms with Gasteiger partial charge in [-0.15, -0.1) is 0 Å². The van der Waals surface area contributed by atoms with Crippen LogP contribution < -0.4 is 10.6 Å². The second-order valence-corrected chi connectivity index (χ2v) is 5.55. The fourth-order valence-electron chi connectivity index (χ4n) is 1.81. The Morgan fingerprint density at radius 1 is 1.39 bits per heavy atom. The van der Waals surface area contributed by atoms with Crippen molar-refractivity contribution in [2.24, 2.45) is 0 Å². The zero-order valence-electron chi connectivity index (χ0n) is 12.0. The van der Waals surface area contributed by atoms with E-state index in [-0.39, 0.29) is 0 Å². The van der Waals surface area contributed by atoms with Gasteiger partial charge in [0.2, 0.25) is 0 Å². The third-order valence-corrected chi connectivity index (χ3v) is 3.90. The molecule has 0 saturated heterocycles. The average Bonchev–Trinajstić information content (AvgIpc) is 2.33. The van der Waals surface area contributed by atoms with Crippen LogP contribution in [0.15, 0.2) is 0 Å². The molecule has 0 aliphatic carbocycles. The SMILES string of the molecule is CCCc1nc(N)c(C)c(N(C)C(C)CSC)n1. The van der Waals surface area contributed by atoms with E-state index in [1.54, 1.807) is 0 Å². The first-order valence-electron chi connectivity index (χ1n) is 6.36. The van der Waals surface area contributed by atoms with Gasteiger partial charge in [-0.1, -0.05) is 6.92 Å². The second kappa shape index (κ2) is 6.83. The molecule has 0 spiro atoms. The Labute approximate surface area is 114 Å². The van der Waals surface area contributed by atoms with Gasteiger partial charge in [0, 0.05) is 30.8 Å². The van der Waals surface area contributed by atoms with Crippen molar-refractivity contribution in [1.29, 1.82) is 0 Å². The quantitative estimate of drug-likeness (QED) is 0.859. The molecule has 1 atom stereocenters. The van der Waals surface area contributed by atoms with Crippen molar-refractivity contribution in [3.8, 4) is 0 Å². The summed E-state index contributed by atoms with van der Waals surface area (Å²) in [6.45, 7) is 6.32. The van der Waals surface area contributed by atoms with E-state index < -0.39 is 0 Å². The minimum Gasteiger partial charge on any atom is -0.383 e. The summed E-state index contributed by atoms with van der Waals surface area (Å²) >= 11 is 1.84. The fourth-order valence-corrected chi connectivity index (χ4v) is 2.52. The van der Waals surface area contributed by atoms with Crippen LogP contribution in [0.25, 0.3) is 0 Å². The molecule has 0 radical (unpaired) electrons. The molecule has 0 bridgehead atoms. The van der Waals surface area contributed by atoms with Gasteiger partial charge in [0.25, 0.3) is 0 Å². The summed E-state index contributed by atoms with van der Waals surface area (Å²) < 4.78 is 0. The van der Waals surface area contributed by atoms with Crippen LogP contribution in [0.3, 0.4) is 0 Å². The zero-order valence-corrected chi connectivity index (χ0v) is 12.8. The first-order valence-corrected chi connectivity index (χ1v) is 7.75. The van der Waals surface area contributed by atoms with E-state index in [0.717, 1.165) is 35.8 Å². The molecule has 2 N–H and O–H groups in total. The molecule has 1 aromatic rings. The zero-order chi connectivity index (χ0) is 13.7. The molecule has 5 heteroatoms. The minimum absolute atomic E-state index is 0.433. The number of nitrogen functional groups attached to an aromatic ring is 1. The predicted molar refractivity (Wildman–Crippen MR) is 81.4 cm³/mol. The molecule has 0 aliphatic heterocycles. The molecular formula is C13H24N4S. The maximum Gasteiger partial charge on any atom is 0.137 e. The van der Waals surface area contributed by atoms with Gasteiger partial charge >= 0.3 is 0 Å². The van der Waals surface area contributed by atoms with Gasteiger partial charge in [0.1, 0.15) is 17.5 Å². The number of nitrogens with zero attached hydrogens (tertiary/aromatic N) is 3. The lowest BCUT2D eigenvalue weighted by Gasteiger charge is -2.27. The van der Waals surface area contributed by atoms with Crippen molar-refractivity contribution < 1.29 is 0 Å². The highest BCUT2D eigenvalue weighted by atomic mass is 32.2. The van der Waals surface area contributed by atoms with E-state index in [1.165, 1.54) is 0 Å². The second-order valence-electron chi connectivity index (χ2n) is 4.64. The van der Waals surface area contributed by atoms with Crippen LogP contribution in [0.4, 0.5) is 11.6 Å². The van der Waals surface area contributed by atoms with Crippen LogP contribution in [-0.4, -0.2) is 35.1 Å². The maximum absolute atomic E-state index is 5.98. The predicted octanol–water partition coefficient (Wildman–Crippen LogP) is 2.51. The highest BCUT2D eigenvalue weighted by molar-refractivity contribution is 7.98. The molecule has 0 amide bonds. The van der Waals surface area contributed by atoms with Gasteiger partial charge in [-0.25, -0.2) is 9.97 Å². The van der Waals surface area contributed by atoms with E-state index in [9.17, 15) is 0 Å². The summed E-state index contributed by atoms with van der Waals surface area (Å²) in [5.74, 6) is 3.49. The Kier molecular flexibility index (Phi) is 5.72. The number of anilines is 2. The van der Waals surface area contributed by atoms with Gasteiger partial charge in [0.15, 0.2) is 0 Å². The first-order chi connectivity index (χ1) is 8.51. The van der Waals surface area contributed by atoms with E-state index in [2.05, 4.69) is 42.0 Å². The lowest BCUT2D eigenvalue weighted by molar-refractivity contribution is 0.736. The number of rotatable bonds is 6. The molecule has 0 aromatic carbocycles. The Morgan fingerprint density at radius 2 is 2.06 bits per heavy atom. The Morgan fingerprint density at radius 3 is 2.61 bits per heavy atom. The Balaban J connectivity index is 3.05. The topological polar surface area (TPSA) is 55.0 Å². The van der Waals surface area contributed by atoms with Gasteiger partial charge in [-0.3, -0.25) is 0 Å². The molecule has 0 saturated carbocycles. The van der Waals surface area contributed by atoms with Gasteiger partial charge < -0.3 is 10.6 Å². The maximum atomic E-state index is 5.98. The minimum atomic E-state index is 0.433. The molecular weight excluding hydrogens is 244 g/mol. The van der Waals surface area contributed by atoms with Gasteiger partial charge in [-0.05, 0) is 26.5 Å². The Bertz CT molecular complexity index is 395. The lowest BCUT2D eigenvalue weighted by atomic mass is 10.2. The van der Waals surface area contributed by atoms with E-state index in [4.69, 9.17) is 5.73 Å². The monoisotopic (exact) mass is 268 g/mol.